The van der Waals surface area contributed by atoms with Crippen LogP contribution in [0.4, 0.5) is 0 Å². The summed E-state index contributed by atoms with van der Waals surface area (Å²) in [4.78, 5) is 4.30. The molecule has 86 valence electrons. The second kappa shape index (κ2) is 7.43. The molecule has 0 saturated heterocycles. The minimum absolute atomic E-state index is 0.277. The number of rotatable bonds is 8. The summed E-state index contributed by atoms with van der Waals surface area (Å²) in [7, 11) is 0. The van der Waals surface area contributed by atoms with Gasteiger partial charge in [0, 0.05) is 25.9 Å². The van der Waals surface area contributed by atoms with E-state index in [1.807, 2.05) is 6.33 Å². The Hall–Kier alpha value is -0.870. The van der Waals surface area contributed by atoms with Gasteiger partial charge in [-0.1, -0.05) is 6.92 Å². The van der Waals surface area contributed by atoms with Gasteiger partial charge in [0.05, 0.1) is 12.0 Å². The third-order valence-electron chi connectivity index (χ3n) is 2.24. The smallest absolute Gasteiger partial charge is 0.0949 e. The highest BCUT2D eigenvalue weighted by Crippen LogP contribution is 1.99. The molecule has 15 heavy (non-hydrogen) atoms. The summed E-state index contributed by atoms with van der Waals surface area (Å²) >= 11 is 0. The molecule has 0 aliphatic rings. The summed E-state index contributed by atoms with van der Waals surface area (Å²) in [5.41, 5.74) is 1.09. The van der Waals surface area contributed by atoms with Crippen LogP contribution < -0.4 is 5.32 Å². The number of imidazole rings is 1. The summed E-state index contributed by atoms with van der Waals surface area (Å²) < 4.78 is 2.08. The second-order valence-corrected chi connectivity index (χ2v) is 3.71. The van der Waals surface area contributed by atoms with Crippen molar-refractivity contribution >= 4 is 0 Å². The van der Waals surface area contributed by atoms with Crippen LogP contribution in [-0.4, -0.2) is 27.8 Å². The molecular formula is C11H21N3O. The molecule has 0 aliphatic heterocycles. The second-order valence-electron chi connectivity index (χ2n) is 3.71. The highest BCUT2D eigenvalue weighted by molar-refractivity contribution is 4.95. The van der Waals surface area contributed by atoms with Crippen molar-refractivity contribution in [3.63, 3.8) is 0 Å². The first kappa shape index (κ1) is 12.2. The van der Waals surface area contributed by atoms with E-state index in [1.165, 1.54) is 0 Å². The summed E-state index contributed by atoms with van der Waals surface area (Å²) in [6.45, 7) is 5.26. The number of hydrogen-bond acceptors (Lipinski definition) is 3. The van der Waals surface area contributed by atoms with Crippen LogP contribution >= 0.6 is 0 Å². The van der Waals surface area contributed by atoms with Gasteiger partial charge in [0.25, 0.3) is 0 Å². The van der Waals surface area contributed by atoms with Crippen LogP contribution in [-0.2, 0) is 13.1 Å². The first-order valence-corrected chi connectivity index (χ1v) is 5.69. The van der Waals surface area contributed by atoms with Crippen molar-refractivity contribution in [2.24, 2.45) is 0 Å². The number of nitrogens with one attached hydrogen (secondary N) is 1. The monoisotopic (exact) mass is 211 g/mol. The molecule has 4 heteroatoms. The molecule has 0 aromatic carbocycles. The van der Waals surface area contributed by atoms with E-state index in [0.29, 0.717) is 0 Å². The average molecular weight is 211 g/mol. The molecule has 0 aliphatic carbocycles. The Bertz CT molecular complexity index is 236. The molecule has 0 atom stereocenters. The van der Waals surface area contributed by atoms with Crippen molar-refractivity contribution in [1.29, 1.82) is 0 Å². The molecule has 0 unspecified atom stereocenters. The molecule has 0 fully saturated rings. The molecule has 0 saturated carbocycles. The number of aryl methyl sites for hydroxylation is 1. The number of aromatic nitrogens is 2. The topological polar surface area (TPSA) is 50.1 Å². The maximum absolute atomic E-state index is 8.66. The lowest BCUT2D eigenvalue weighted by atomic mass is 10.3. The van der Waals surface area contributed by atoms with Gasteiger partial charge in [-0.05, 0) is 25.8 Å². The summed E-state index contributed by atoms with van der Waals surface area (Å²) in [5.74, 6) is 0. The summed E-state index contributed by atoms with van der Waals surface area (Å²) in [6, 6.07) is 0. The number of aliphatic hydroxyl groups is 1. The van der Waals surface area contributed by atoms with Gasteiger partial charge in [0.1, 0.15) is 0 Å². The quantitative estimate of drug-likeness (QED) is 0.634. The SMILES string of the molecule is CCCNCc1cn(CCCCO)cn1. The van der Waals surface area contributed by atoms with E-state index in [4.69, 9.17) is 5.11 Å². The standard InChI is InChI=1S/C11H21N3O/c1-2-5-12-8-11-9-14(10-13-11)6-3-4-7-15/h9-10,12,15H,2-8H2,1H3. The lowest BCUT2D eigenvalue weighted by Gasteiger charge is -2.00. The van der Waals surface area contributed by atoms with Crippen molar-refractivity contribution in [2.75, 3.05) is 13.2 Å². The first-order chi connectivity index (χ1) is 7.36. The zero-order chi connectivity index (χ0) is 10.9. The largest absolute Gasteiger partial charge is 0.396 e. The van der Waals surface area contributed by atoms with E-state index in [0.717, 1.165) is 44.6 Å². The number of aliphatic hydroxyl groups excluding tert-OH is 1. The van der Waals surface area contributed by atoms with Gasteiger partial charge in [0.15, 0.2) is 0 Å². The third-order valence-corrected chi connectivity index (χ3v) is 2.24. The molecule has 4 nitrogen and oxygen atoms in total. The summed E-state index contributed by atoms with van der Waals surface area (Å²) in [5, 5.41) is 12.0. The van der Waals surface area contributed by atoms with Crippen LogP contribution in [0.25, 0.3) is 0 Å². The normalized spacial score (nSPS) is 10.8. The van der Waals surface area contributed by atoms with Crippen LogP contribution in [0.5, 0.6) is 0 Å². The van der Waals surface area contributed by atoms with Crippen LogP contribution in [0.2, 0.25) is 0 Å². The molecule has 1 heterocycles. The maximum atomic E-state index is 8.66. The molecule has 0 amide bonds. The van der Waals surface area contributed by atoms with Gasteiger partial charge in [-0.25, -0.2) is 4.98 Å². The molecule has 0 bridgehead atoms. The molecule has 1 aromatic heterocycles. The van der Waals surface area contributed by atoms with Crippen molar-refractivity contribution in [3.8, 4) is 0 Å². The van der Waals surface area contributed by atoms with E-state index in [1.54, 1.807) is 0 Å². The van der Waals surface area contributed by atoms with Gasteiger partial charge < -0.3 is 15.0 Å². The lowest BCUT2D eigenvalue weighted by Crippen LogP contribution is -2.13. The fourth-order valence-electron chi connectivity index (χ4n) is 1.42. The highest BCUT2D eigenvalue weighted by atomic mass is 16.2. The Kier molecular flexibility index (Phi) is 6.04. The van der Waals surface area contributed by atoms with E-state index >= 15 is 0 Å². The van der Waals surface area contributed by atoms with Crippen LogP contribution in [0, 0.1) is 0 Å². The van der Waals surface area contributed by atoms with E-state index in [2.05, 4.69) is 28.0 Å². The third kappa shape index (κ3) is 4.95. The maximum Gasteiger partial charge on any atom is 0.0949 e. The number of unbranched alkanes of at least 4 members (excludes halogenated alkanes) is 1. The predicted molar refractivity (Wildman–Crippen MR) is 60.5 cm³/mol. The summed E-state index contributed by atoms with van der Waals surface area (Å²) in [6.07, 6.45) is 6.95. The van der Waals surface area contributed by atoms with E-state index < -0.39 is 0 Å². The molecule has 2 N–H and O–H groups in total. The van der Waals surface area contributed by atoms with Crippen molar-refractivity contribution in [3.05, 3.63) is 18.2 Å². The van der Waals surface area contributed by atoms with Crippen molar-refractivity contribution < 1.29 is 5.11 Å². The zero-order valence-electron chi connectivity index (χ0n) is 9.45. The van der Waals surface area contributed by atoms with E-state index in [-0.39, 0.29) is 6.61 Å². The Morgan fingerprint density at radius 1 is 1.47 bits per heavy atom. The fourth-order valence-corrected chi connectivity index (χ4v) is 1.42. The van der Waals surface area contributed by atoms with Crippen molar-refractivity contribution in [2.45, 2.75) is 39.3 Å². The van der Waals surface area contributed by atoms with Gasteiger partial charge >= 0.3 is 0 Å². The first-order valence-electron chi connectivity index (χ1n) is 5.69. The molecular weight excluding hydrogens is 190 g/mol. The van der Waals surface area contributed by atoms with Gasteiger partial charge in [-0.3, -0.25) is 0 Å². The molecule has 0 spiro atoms. The van der Waals surface area contributed by atoms with Crippen LogP contribution in [0.3, 0.4) is 0 Å². The lowest BCUT2D eigenvalue weighted by molar-refractivity contribution is 0.281. The Labute approximate surface area is 91.3 Å². The minimum Gasteiger partial charge on any atom is -0.396 e. The fraction of sp³-hybridized carbons (Fsp3) is 0.727. The van der Waals surface area contributed by atoms with Crippen molar-refractivity contribution in [1.82, 2.24) is 14.9 Å². The minimum atomic E-state index is 0.277. The Morgan fingerprint density at radius 3 is 3.07 bits per heavy atom. The van der Waals surface area contributed by atoms with Gasteiger partial charge in [-0.2, -0.15) is 0 Å². The molecule has 0 radical (unpaired) electrons. The van der Waals surface area contributed by atoms with Crippen LogP contribution in [0.1, 0.15) is 31.9 Å². The highest BCUT2D eigenvalue weighted by Gasteiger charge is 1.97. The molecule has 1 rings (SSSR count). The average Bonchev–Trinajstić information content (AvgIpc) is 2.67. The Morgan fingerprint density at radius 2 is 2.33 bits per heavy atom. The van der Waals surface area contributed by atoms with E-state index in [9.17, 15) is 0 Å². The number of hydrogen-bond donors (Lipinski definition) is 2. The van der Waals surface area contributed by atoms with Crippen LogP contribution in [0.15, 0.2) is 12.5 Å². The predicted octanol–water partition coefficient (Wildman–Crippen LogP) is 1.16. The molecule has 1 aromatic rings. The number of nitrogens with zero attached hydrogens (tertiary/aromatic N) is 2. The zero-order valence-corrected chi connectivity index (χ0v) is 9.45. The Balaban J connectivity index is 2.23. The van der Waals surface area contributed by atoms with Gasteiger partial charge in [0.2, 0.25) is 0 Å². The van der Waals surface area contributed by atoms with Gasteiger partial charge in [-0.15, -0.1) is 0 Å².